The van der Waals surface area contributed by atoms with Crippen molar-refractivity contribution in [2.45, 2.75) is 44.6 Å². The van der Waals surface area contributed by atoms with Gasteiger partial charge in [-0.25, -0.2) is 0 Å². The first-order chi connectivity index (χ1) is 9.84. The Labute approximate surface area is 121 Å². The quantitative estimate of drug-likeness (QED) is 0.839. The Morgan fingerprint density at radius 3 is 2.90 bits per heavy atom. The van der Waals surface area contributed by atoms with Crippen LogP contribution in [0.25, 0.3) is 0 Å². The van der Waals surface area contributed by atoms with Crippen molar-refractivity contribution in [2.75, 3.05) is 26.2 Å². The van der Waals surface area contributed by atoms with Gasteiger partial charge in [0.2, 0.25) is 0 Å². The summed E-state index contributed by atoms with van der Waals surface area (Å²) >= 11 is 0. The van der Waals surface area contributed by atoms with Crippen molar-refractivity contribution < 1.29 is 9.84 Å². The number of hydrogen-bond acceptors (Lipinski definition) is 3. The first-order valence-electron chi connectivity index (χ1n) is 7.99. The number of ether oxygens (including phenoxy) is 1. The highest BCUT2D eigenvalue weighted by Crippen LogP contribution is 2.35. The summed E-state index contributed by atoms with van der Waals surface area (Å²) in [5.74, 6) is 0.989. The van der Waals surface area contributed by atoms with Crippen molar-refractivity contribution in [1.82, 2.24) is 4.90 Å². The molecule has 1 aromatic rings. The highest BCUT2D eigenvalue weighted by Gasteiger charge is 2.20. The maximum absolute atomic E-state index is 10.0. The number of hydrogen-bond donors (Lipinski definition) is 1. The Kier molecular flexibility index (Phi) is 4.58. The predicted molar refractivity (Wildman–Crippen MR) is 80.1 cm³/mol. The molecule has 1 aliphatic heterocycles. The molecule has 110 valence electrons. The van der Waals surface area contributed by atoms with E-state index in [4.69, 9.17) is 4.74 Å². The summed E-state index contributed by atoms with van der Waals surface area (Å²) < 4.78 is 5.97. The minimum atomic E-state index is -0.299. The monoisotopic (exact) mass is 275 g/mol. The van der Waals surface area contributed by atoms with Crippen molar-refractivity contribution in [1.29, 1.82) is 0 Å². The summed E-state index contributed by atoms with van der Waals surface area (Å²) in [5, 5.41) is 10.0. The lowest BCUT2D eigenvalue weighted by Crippen LogP contribution is -2.22. The lowest BCUT2D eigenvalue weighted by molar-refractivity contribution is 0.155. The minimum Gasteiger partial charge on any atom is -0.493 e. The van der Waals surface area contributed by atoms with Crippen LogP contribution in [0.2, 0.25) is 0 Å². The second kappa shape index (κ2) is 6.59. The predicted octanol–water partition coefficient (Wildman–Crippen LogP) is 2.92. The fourth-order valence-corrected chi connectivity index (χ4v) is 3.40. The molecule has 0 amide bonds. The largest absolute Gasteiger partial charge is 0.493 e. The van der Waals surface area contributed by atoms with Gasteiger partial charge in [-0.1, -0.05) is 12.1 Å². The zero-order valence-corrected chi connectivity index (χ0v) is 12.2. The maximum Gasteiger partial charge on any atom is 0.122 e. The summed E-state index contributed by atoms with van der Waals surface area (Å²) in [5.41, 5.74) is 2.31. The SMILES string of the molecule is OC1CCCc2c(OCCCN3CCCC3)cccc21. The van der Waals surface area contributed by atoms with Gasteiger partial charge in [0.1, 0.15) is 5.75 Å². The first-order valence-corrected chi connectivity index (χ1v) is 7.99. The molecule has 0 bridgehead atoms. The Morgan fingerprint density at radius 2 is 2.05 bits per heavy atom. The van der Waals surface area contributed by atoms with Gasteiger partial charge >= 0.3 is 0 Å². The highest BCUT2D eigenvalue weighted by atomic mass is 16.5. The van der Waals surface area contributed by atoms with E-state index < -0.39 is 0 Å². The van der Waals surface area contributed by atoms with Crippen LogP contribution >= 0.6 is 0 Å². The van der Waals surface area contributed by atoms with E-state index in [1.54, 1.807) is 0 Å². The molecule has 3 rings (SSSR count). The molecular weight excluding hydrogens is 250 g/mol. The fraction of sp³-hybridized carbons (Fsp3) is 0.647. The molecule has 1 unspecified atom stereocenters. The molecule has 1 N–H and O–H groups in total. The molecule has 20 heavy (non-hydrogen) atoms. The molecule has 1 heterocycles. The highest BCUT2D eigenvalue weighted by molar-refractivity contribution is 5.42. The molecule has 3 nitrogen and oxygen atoms in total. The van der Waals surface area contributed by atoms with E-state index in [2.05, 4.69) is 4.90 Å². The zero-order valence-electron chi connectivity index (χ0n) is 12.2. The molecule has 3 heteroatoms. The van der Waals surface area contributed by atoms with Crippen LogP contribution in [0.1, 0.15) is 49.3 Å². The van der Waals surface area contributed by atoms with Gasteiger partial charge in [-0.15, -0.1) is 0 Å². The van der Waals surface area contributed by atoms with Crippen LogP contribution in [-0.2, 0) is 6.42 Å². The summed E-state index contributed by atoms with van der Waals surface area (Å²) in [6.07, 6.45) is 6.47. The van der Waals surface area contributed by atoms with E-state index in [1.165, 1.54) is 31.5 Å². The maximum atomic E-state index is 10.0. The smallest absolute Gasteiger partial charge is 0.122 e. The zero-order chi connectivity index (χ0) is 13.8. The minimum absolute atomic E-state index is 0.299. The van der Waals surface area contributed by atoms with Crippen LogP contribution in [0.15, 0.2) is 18.2 Å². The Morgan fingerprint density at radius 1 is 1.20 bits per heavy atom. The van der Waals surface area contributed by atoms with Crippen LogP contribution in [0.5, 0.6) is 5.75 Å². The van der Waals surface area contributed by atoms with Crippen LogP contribution in [-0.4, -0.2) is 36.2 Å². The average molecular weight is 275 g/mol. The van der Waals surface area contributed by atoms with E-state index in [9.17, 15) is 5.11 Å². The Bertz CT molecular complexity index is 441. The first kappa shape index (κ1) is 13.9. The molecule has 0 radical (unpaired) electrons. The summed E-state index contributed by atoms with van der Waals surface area (Å²) in [4.78, 5) is 2.52. The summed E-state index contributed by atoms with van der Waals surface area (Å²) in [6.45, 7) is 4.44. The van der Waals surface area contributed by atoms with Crippen LogP contribution in [0.4, 0.5) is 0 Å². The van der Waals surface area contributed by atoms with Crippen LogP contribution < -0.4 is 4.74 Å². The molecule has 1 atom stereocenters. The number of aliphatic hydroxyl groups excluding tert-OH is 1. The summed E-state index contributed by atoms with van der Waals surface area (Å²) in [6, 6.07) is 6.09. The van der Waals surface area contributed by atoms with Gasteiger partial charge in [-0.2, -0.15) is 0 Å². The third-order valence-electron chi connectivity index (χ3n) is 4.51. The van der Waals surface area contributed by atoms with E-state index in [-0.39, 0.29) is 6.10 Å². The topological polar surface area (TPSA) is 32.7 Å². The lowest BCUT2D eigenvalue weighted by atomic mass is 9.89. The second-order valence-electron chi connectivity index (χ2n) is 5.98. The molecule has 0 spiro atoms. The van der Waals surface area contributed by atoms with Crippen LogP contribution in [0, 0.1) is 0 Å². The number of benzene rings is 1. The Hall–Kier alpha value is -1.06. The number of nitrogens with zero attached hydrogens (tertiary/aromatic N) is 1. The molecule has 1 aliphatic carbocycles. The lowest BCUT2D eigenvalue weighted by Gasteiger charge is -2.23. The van der Waals surface area contributed by atoms with E-state index in [0.717, 1.165) is 50.1 Å². The number of fused-ring (bicyclic) bond motifs is 1. The number of likely N-dealkylation sites (tertiary alicyclic amines) is 1. The van der Waals surface area contributed by atoms with E-state index >= 15 is 0 Å². The third kappa shape index (κ3) is 3.15. The van der Waals surface area contributed by atoms with Gasteiger partial charge < -0.3 is 14.7 Å². The second-order valence-corrected chi connectivity index (χ2v) is 5.98. The van der Waals surface area contributed by atoms with Crippen molar-refractivity contribution in [3.05, 3.63) is 29.3 Å². The van der Waals surface area contributed by atoms with Gasteiger partial charge in [-0.05, 0) is 68.8 Å². The molecule has 1 fully saturated rings. The van der Waals surface area contributed by atoms with Gasteiger partial charge in [0.15, 0.2) is 0 Å². The average Bonchev–Trinajstić information content (AvgIpc) is 2.98. The van der Waals surface area contributed by atoms with Crippen LogP contribution in [0.3, 0.4) is 0 Å². The van der Waals surface area contributed by atoms with Gasteiger partial charge in [-0.3, -0.25) is 0 Å². The number of aliphatic hydroxyl groups is 1. The molecular formula is C17H25NO2. The van der Waals surface area contributed by atoms with Crippen molar-refractivity contribution >= 4 is 0 Å². The van der Waals surface area contributed by atoms with Gasteiger partial charge in [0.25, 0.3) is 0 Å². The molecule has 2 aliphatic rings. The standard InChI is InChI=1S/C17H25NO2/c19-16-8-3-7-15-14(16)6-4-9-17(15)20-13-5-12-18-10-1-2-11-18/h4,6,9,16,19H,1-3,5,7-8,10-13H2. The van der Waals surface area contributed by atoms with Crippen molar-refractivity contribution in [3.63, 3.8) is 0 Å². The van der Waals surface area contributed by atoms with Gasteiger partial charge in [0.05, 0.1) is 12.7 Å². The van der Waals surface area contributed by atoms with Gasteiger partial charge in [0, 0.05) is 6.54 Å². The Balaban J connectivity index is 1.53. The van der Waals surface area contributed by atoms with E-state index in [0.29, 0.717) is 0 Å². The third-order valence-corrected chi connectivity index (χ3v) is 4.51. The summed E-state index contributed by atoms with van der Waals surface area (Å²) in [7, 11) is 0. The van der Waals surface area contributed by atoms with Crippen molar-refractivity contribution in [3.8, 4) is 5.75 Å². The normalized spacial score (nSPS) is 22.8. The molecule has 0 saturated carbocycles. The molecule has 1 aromatic carbocycles. The number of rotatable bonds is 5. The van der Waals surface area contributed by atoms with Crippen molar-refractivity contribution in [2.24, 2.45) is 0 Å². The fourth-order valence-electron chi connectivity index (χ4n) is 3.40. The molecule has 1 saturated heterocycles. The molecule has 0 aromatic heterocycles. The van der Waals surface area contributed by atoms with E-state index in [1.807, 2.05) is 18.2 Å².